The first-order valence-electron chi connectivity index (χ1n) is 4.17. The number of Topliss-reactive ketones (excluding diaryl/α,β-unsaturated/α-hetero) is 1. The largest absolute Gasteiger partial charge is 0.300 e. The predicted octanol–water partition coefficient (Wildman–Crippen LogP) is 1.11. The molecule has 1 aromatic rings. The van der Waals surface area contributed by atoms with Gasteiger partial charge in [0.25, 0.3) is 0 Å². The lowest BCUT2D eigenvalue weighted by molar-refractivity contribution is -0.118. The van der Waals surface area contributed by atoms with Crippen LogP contribution < -0.4 is 0 Å². The first kappa shape index (κ1) is 7.53. The minimum atomic E-state index is 0.272. The minimum absolute atomic E-state index is 0.272. The second kappa shape index (κ2) is 2.44. The molecule has 0 unspecified atom stereocenters. The Kier molecular flexibility index (Phi) is 1.53. The molecule has 0 radical (unpaired) electrons. The summed E-state index contributed by atoms with van der Waals surface area (Å²) in [5, 5.41) is 4.08. The van der Waals surface area contributed by atoms with Crippen LogP contribution in [-0.2, 0) is 11.8 Å². The maximum Gasteiger partial charge on any atom is 0.133 e. The molecular weight excluding hydrogens is 152 g/mol. The Morgan fingerprint density at radius 1 is 1.75 bits per heavy atom. The normalized spacial score (nSPS) is 27.2. The third-order valence-electron chi connectivity index (χ3n) is 2.47. The van der Waals surface area contributed by atoms with E-state index < -0.39 is 0 Å². The van der Waals surface area contributed by atoms with E-state index in [9.17, 15) is 4.79 Å². The zero-order chi connectivity index (χ0) is 8.72. The van der Waals surface area contributed by atoms with Crippen LogP contribution in [0.1, 0.15) is 24.8 Å². The number of hydrogen-bond acceptors (Lipinski definition) is 2. The highest BCUT2D eigenvalue weighted by Gasteiger charge is 2.42. The molecule has 0 aliphatic heterocycles. The van der Waals surface area contributed by atoms with Crippen molar-refractivity contribution in [1.29, 1.82) is 0 Å². The first-order valence-corrected chi connectivity index (χ1v) is 4.17. The van der Waals surface area contributed by atoms with E-state index in [2.05, 4.69) is 5.10 Å². The molecule has 2 atom stereocenters. The van der Waals surface area contributed by atoms with E-state index in [4.69, 9.17) is 0 Å². The summed E-state index contributed by atoms with van der Waals surface area (Å²) in [4.78, 5) is 11.0. The van der Waals surface area contributed by atoms with Gasteiger partial charge in [0.2, 0.25) is 0 Å². The van der Waals surface area contributed by atoms with Gasteiger partial charge < -0.3 is 0 Å². The zero-order valence-corrected chi connectivity index (χ0v) is 7.32. The van der Waals surface area contributed by atoms with Crippen LogP contribution in [0.2, 0.25) is 0 Å². The molecule has 1 heterocycles. The molecule has 3 nitrogen and oxygen atoms in total. The van der Waals surface area contributed by atoms with Crippen molar-refractivity contribution in [3.63, 3.8) is 0 Å². The number of hydrogen-bond donors (Lipinski definition) is 0. The van der Waals surface area contributed by atoms with E-state index >= 15 is 0 Å². The molecule has 3 heteroatoms. The second-order valence-electron chi connectivity index (χ2n) is 3.51. The van der Waals surface area contributed by atoms with Crippen LogP contribution in [-0.4, -0.2) is 15.6 Å². The van der Waals surface area contributed by atoms with Crippen LogP contribution in [0.5, 0.6) is 0 Å². The van der Waals surface area contributed by atoms with Crippen molar-refractivity contribution in [3.8, 4) is 0 Å². The molecule has 0 saturated heterocycles. The van der Waals surface area contributed by atoms with Gasteiger partial charge in [0.1, 0.15) is 5.78 Å². The summed E-state index contributed by atoms with van der Waals surface area (Å²) in [6.45, 7) is 1.67. The molecule has 0 amide bonds. The van der Waals surface area contributed by atoms with Crippen LogP contribution >= 0.6 is 0 Å². The van der Waals surface area contributed by atoms with Crippen molar-refractivity contribution in [3.05, 3.63) is 18.0 Å². The fourth-order valence-corrected chi connectivity index (χ4v) is 1.64. The third-order valence-corrected chi connectivity index (χ3v) is 2.47. The van der Waals surface area contributed by atoms with Crippen LogP contribution in [0.3, 0.4) is 0 Å². The van der Waals surface area contributed by atoms with Gasteiger partial charge in [0.15, 0.2) is 0 Å². The molecule has 12 heavy (non-hydrogen) atoms. The summed E-state index contributed by atoms with van der Waals surface area (Å²) < 4.78 is 1.78. The molecule has 64 valence electrons. The molecule has 1 aromatic heterocycles. The molecule has 0 spiro atoms. The Morgan fingerprint density at radius 3 is 2.92 bits per heavy atom. The number of rotatable bonds is 2. The number of carbonyl (C=O) groups is 1. The van der Waals surface area contributed by atoms with Gasteiger partial charge in [-0.1, -0.05) is 0 Å². The Labute approximate surface area is 71.4 Å². The van der Waals surface area contributed by atoms with Gasteiger partial charge in [-0.15, -0.1) is 0 Å². The maximum atomic E-state index is 11.0. The van der Waals surface area contributed by atoms with E-state index in [1.165, 1.54) is 5.56 Å². The Hall–Kier alpha value is -1.12. The average Bonchev–Trinajstić information content (AvgIpc) is 2.70. The standard InChI is InChI=1S/C9H12N2O/c1-6(12)8-3-9(8)7-4-10-11(2)5-7/h4-5,8-9H,3H2,1-2H3/t8-,9-/m0/s1. The van der Waals surface area contributed by atoms with Gasteiger partial charge in [-0.3, -0.25) is 9.48 Å². The van der Waals surface area contributed by atoms with Gasteiger partial charge in [-0.05, 0) is 24.8 Å². The predicted molar refractivity (Wildman–Crippen MR) is 44.7 cm³/mol. The number of aryl methyl sites for hydroxylation is 1. The van der Waals surface area contributed by atoms with Gasteiger partial charge >= 0.3 is 0 Å². The van der Waals surface area contributed by atoms with E-state index in [0.717, 1.165) is 6.42 Å². The molecule has 0 aromatic carbocycles. The summed E-state index contributed by atoms with van der Waals surface area (Å²) in [5.41, 5.74) is 1.21. The van der Waals surface area contributed by atoms with Crippen LogP contribution in [0.25, 0.3) is 0 Å². The zero-order valence-electron chi connectivity index (χ0n) is 7.32. The second-order valence-corrected chi connectivity index (χ2v) is 3.51. The monoisotopic (exact) mass is 164 g/mol. The van der Waals surface area contributed by atoms with Gasteiger partial charge in [-0.25, -0.2) is 0 Å². The summed E-state index contributed by atoms with van der Waals surface area (Å²) >= 11 is 0. The molecule has 0 bridgehead atoms. The van der Waals surface area contributed by atoms with Crippen molar-refractivity contribution in [2.24, 2.45) is 13.0 Å². The summed E-state index contributed by atoms with van der Waals surface area (Å²) in [7, 11) is 1.90. The fourth-order valence-electron chi connectivity index (χ4n) is 1.64. The summed E-state index contributed by atoms with van der Waals surface area (Å²) in [5.74, 6) is 1.04. The molecule has 1 saturated carbocycles. The molecule has 2 rings (SSSR count). The average molecular weight is 164 g/mol. The van der Waals surface area contributed by atoms with E-state index in [1.807, 2.05) is 19.4 Å². The Morgan fingerprint density at radius 2 is 2.50 bits per heavy atom. The quantitative estimate of drug-likeness (QED) is 0.656. The lowest BCUT2D eigenvalue weighted by atomic mass is 10.1. The SMILES string of the molecule is CC(=O)[C@@H]1C[C@H]1c1cnn(C)c1. The topological polar surface area (TPSA) is 34.9 Å². The highest BCUT2D eigenvalue weighted by atomic mass is 16.1. The van der Waals surface area contributed by atoms with Crippen molar-refractivity contribution < 1.29 is 4.79 Å². The Balaban J connectivity index is 2.10. The Bertz CT molecular complexity index is 316. The van der Waals surface area contributed by atoms with Crippen LogP contribution in [0, 0.1) is 5.92 Å². The molecular formula is C9H12N2O. The first-order chi connectivity index (χ1) is 5.68. The number of carbonyl (C=O) groups excluding carboxylic acids is 1. The lowest BCUT2D eigenvalue weighted by Gasteiger charge is -1.90. The van der Waals surface area contributed by atoms with Gasteiger partial charge in [-0.2, -0.15) is 5.10 Å². The van der Waals surface area contributed by atoms with Crippen molar-refractivity contribution >= 4 is 5.78 Å². The summed E-state index contributed by atoms with van der Waals surface area (Å²) in [6, 6.07) is 0. The van der Waals surface area contributed by atoms with Crippen molar-refractivity contribution in [1.82, 2.24) is 9.78 Å². The van der Waals surface area contributed by atoms with Crippen molar-refractivity contribution in [2.75, 3.05) is 0 Å². The molecule has 1 aliphatic rings. The van der Waals surface area contributed by atoms with Gasteiger partial charge in [0.05, 0.1) is 6.20 Å². The van der Waals surface area contributed by atoms with Crippen LogP contribution in [0.4, 0.5) is 0 Å². The van der Waals surface area contributed by atoms with E-state index in [1.54, 1.807) is 11.6 Å². The minimum Gasteiger partial charge on any atom is -0.300 e. The highest BCUT2D eigenvalue weighted by Crippen LogP contribution is 2.47. The molecule has 1 aliphatic carbocycles. The number of ketones is 1. The number of aromatic nitrogens is 2. The highest BCUT2D eigenvalue weighted by molar-refractivity contribution is 5.82. The third kappa shape index (κ3) is 1.15. The molecule has 0 N–H and O–H groups in total. The number of nitrogens with zero attached hydrogens (tertiary/aromatic N) is 2. The summed E-state index contributed by atoms with van der Waals surface area (Å²) in [6.07, 6.45) is 4.86. The lowest BCUT2D eigenvalue weighted by Crippen LogP contribution is -1.93. The maximum absolute atomic E-state index is 11.0. The fraction of sp³-hybridized carbons (Fsp3) is 0.556. The van der Waals surface area contributed by atoms with Crippen molar-refractivity contribution in [2.45, 2.75) is 19.3 Å². The van der Waals surface area contributed by atoms with Gasteiger partial charge in [0, 0.05) is 19.2 Å². The van der Waals surface area contributed by atoms with Crippen LogP contribution in [0.15, 0.2) is 12.4 Å². The molecule has 1 fully saturated rings. The van der Waals surface area contributed by atoms with E-state index in [0.29, 0.717) is 11.7 Å². The smallest absolute Gasteiger partial charge is 0.133 e. The van der Waals surface area contributed by atoms with E-state index in [-0.39, 0.29) is 5.92 Å².